The van der Waals surface area contributed by atoms with Crippen LogP contribution in [0.4, 0.5) is 0 Å². The number of H-pyrrole nitrogens is 1. The second-order valence-corrected chi connectivity index (χ2v) is 7.37. The lowest BCUT2D eigenvalue weighted by molar-refractivity contribution is -0.140. The van der Waals surface area contributed by atoms with E-state index in [0.717, 1.165) is 36.1 Å². The van der Waals surface area contributed by atoms with E-state index in [0.29, 0.717) is 19.5 Å². The number of piperidine rings is 1. The van der Waals surface area contributed by atoms with E-state index in [4.69, 9.17) is 0 Å². The number of aromatic nitrogens is 2. The molecule has 2 fully saturated rings. The summed E-state index contributed by atoms with van der Waals surface area (Å²) in [4.78, 5) is 33.6. The predicted molar refractivity (Wildman–Crippen MR) is 93.0 cm³/mol. The minimum Gasteiger partial charge on any atom is -0.481 e. The number of fused-ring (bicyclic) bond motifs is 1. The number of nitrogens with one attached hydrogen (secondary N) is 1. The van der Waals surface area contributed by atoms with Crippen LogP contribution in [0, 0.1) is 17.8 Å². The van der Waals surface area contributed by atoms with Crippen molar-refractivity contribution in [2.24, 2.45) is 17.8 Å². The van der Waals surface area contributed by atoms with Crippen LogP contribution < -0.4 is 0 Å². The number of benzene rings is 1. The quantitative estimate of drug-likeness (QED) is 0.875. The molecule has 0 unspecified atom stereocenters. The first-order chi connectivity index (χ1) is 12.1. The summed E-state index contributed by atoms with van der Waals surface area (Å²) in [6.45, 7) is 1.33. The Bertz CT molecular complexity index is 763. The number of carboxylic acids is 1. The molecule has 1 saturated heterocycles. The zero-order valence-electron chi connectivity index (χ0n) is 14.1. The molecule has 1 aliphatic heterocycles. The number of hydrogen-bond acceptors (Lipinski definition) is 3. The van der Waals surface area contributed by atoms with E-state index < -0.39 is 5.97 Å². The van der Waals surface area contributed by atoms with Crippen molar-refractivity contribution in [3.63, 3.8) is 0 Å². The number of hydrogen-bond donors (Lipinski definition) is 2. The molecule has 0 radical (unpaired) electrons. The molecule has 132 valence electrons. The summed E-state index contributed by atoms with van der Waals surface area (Å²) < 4.78 is 0. The number of nitrogens with zero attached hydrogens (tertiary/aromatic N) is 2. The maximum Gasteiger partial charge on any atom is 0.303 e. The number of amides is 1. The molecule has 2 heterocycles. The Balaban J connectivity index is 1.52. The number of carboxylic acid groups (broad SMARTS) is 1. The number of likely N-dealkylation sites (tertiary alicyclic amines) is 1. The summed E-state index contributed by atoms with van der Waals surface area (Å²) in [6, 6.07) is 7.88. The van der Waals surface area contributed by atoms with Crippen molar-refractivity contribution < 1.29 is 14.7 Å². The molecule has 2 aromatic rings. The van der Waals surface area contributed by atoms with Crippen LogP contribution in [0.3, 0.4) is 0 Å². The minimum absolute atomic E-state index is 0.0916. The van der Waals surface area contributed by atoms with Crippen LogP contribution in [0.5, 0.6) is 0 Å². The number of aliphatic carboxylic acids is 1. The molecule has 1 aromatic carbocycles. The fourth-order valence-electron chi connectivity index (χ4n) is 3.94. The zero-order chi connectivity index (χ0) is 17.4. The number of rotatable bonds is 5. The van der Waals surface area contributed by atoms with E-state index in [9.17, 15) is 14.7 Å². The van der Waals surface area contributed by atoms with Gasteiger partial charge in [0.2, 0.25) is 5.91 Å². The number of aromatic amines is 1. The number of imidazole rings is 1. The summed E-state index contributed by atoms with van der Waals surface area (Å²) in [6.07, 6.45) is 3.61. The molecule has 2 aliphatic rings. The smallest absolute Gasteiger partial charge is 0.303 e. The topological polar surface area (TPSA) is 86.3 Å². The zero-order valence-corrected chi connectivity index (χ0v) is 14.1. The molecule has 6 heteroatoms. The summed E-state index contributed by atoms with van der Waals surface area (Å²) in [5.74, 6) is 0.803. The number of para-hydroxylation sites is 2. The van der Waals surface area contributed by atoms with Gasteiger partial charge in [-0.1, -0.05) is 12.1 Å². The van der Waals surface area contributed by atoms with Crippen molar-refractivity contribution in [3.05, 3.63) is 30.1 Å². The first-order valence-corrected chi connectivity index (χ1v) is 9.04. The van der Waals surface area contributed by atoms with Gasteiger partial charge in [0.1, 0.15) is 5.82 Å². The Morgan fingerprint density at radius 3 is 2.72 bits per heavy atom. The Hall–Kier alpha value is -2.37. The molecule has 1 amide bonds. The lowest BCUT2D eigenvalue weighted by atomic mass is 9.81. The third kappa shape index (κ3) is 3.52. The second kappa shape index (κ2) is 6.50. The Labute approximate surface area is 146 Å². The summed E-state index contributed by atoms with van der Waals surface area (Å²) in [7, 11) is 0. The Morgan fingerprint density at radius 2 is 2.00 bits per heavy atom. The summed E-state index contributed by atoms with van der Waals surface area (Å²) >= 11 is 0. The van der Waals surface area contributed by atoms with Crippen LogP contribution in [0.2, 0.25) is 0 Å². The van der Waals surface area contributed by atoms with E-state index in [1.54, 1.807) is 0 Å². The molecular weight excluding hydrogens is 318 g/mol. The monoisotopic (exact) mass is 341 g/mol. The Kier molecular flexibility index (Phi) is 4.19. The highest BCUT2D eigenvalue weighted by Crippen LogP contribution is 2.35. The van der Waals surface area contributed by atoms with Gasteiger partial charge in [-0.25, -0.2) is 4.98 Å². The van der Waals surface area contributed by atoms with Crippen molar-refractivity contribution in [2.45, 2.75) is 32.1 Å². The average molecular weight is 341 g/mol. The van der Waals surface area contributed by atoms with Crippen LogP contribution in [-0.4, -0.2) is 44.9 Å². The van der Waals surface area contributed by atoms with Crippen molar-refractivity contribution in [2.75, 3.05) is 13.1 Å². The van der Waals surface area contributed by atoms with Gasteiger partial charge < -0.3 is 15.0 Å². The van der Waals surface area contributed by atoms with Crippen LogP contribution in [-0.2, 0) is 16.0 Å². The average Bonchev–Trinajstić information content (AvgIpc) is 3.35. The van der Waals surface area contributed by atoms with Gasteiger partial charge in [-0.3, -0.25) is 9.59 Å². The Morgan fingerprint density at radius 1 is 1.20 bits per heavy atom. The standard InChI is InChI=1S/C19H23N3O3/c23-18(24)10-13-7-8-22(19(25)12-5-6-12)11-14(13)9-17-20-15-3-1-2-4-16(15)21-17/h1-4,12-14H,5-11H2,(H,20,21)(H,23,24)/t13-,14-/m0/s1. The molecule has 2 atom stereocenters. The van der Waals surface area contributed by atoms with Gasteiger partial charge in [0, 0.05) is 31.8 Å². The van der Waals surface area contributed by atoms with Crippen LogP contribution in [0.15, 0.2) is 24.3 Å². The fourth-order valence-corrected chi connectivity index (χ4v) is 3.94. The van der Waals surface area contributed by atoms with E-state index in [2.05, 4.69) is 9.97 Å². The van der Waals surface area contributed by atoms with Crippen LogP contribution in [0.25, 0.3) is 11.0 Å². The molecule has 6 nitrogen and oxygen atoms in total. The summed E-state index contributed by atoms with van der Waals surface area (Å²) in [5.41, 5.74) is 1.92. The molecule has 1 aliphatic carbocycles. The van der Waals surface area contributed by atoms with Gasteiger partial charge in [0.05, 0.1) is 11.0 Å². The van der Waals surface area contributed by atoms with E-state index in [-0.39, 0.29) is 30.1 Å². The van der Waals surface area contributed by atoms with Gasteiger partial charge in [-0.05, 0) is 43.2 Å². The van der Waals surface area contributed by atoms with E-state index in [1.165, 1.54) is 0 Å². The van der Waals surface area contributed by atoms with Gasteiger partial charge in [-0.15, -0.1) is 0 Å². The van der Waals surface area contributed by atoms with Crippen LogP contribution in [0.1, 0.15) is 31.5 Å². The van der Waals surface area contributed by atoms with Gasteiger partial charge >= 0.3 is 5.97 Å². The third-order valence-corrected chi connectivity index (χ3v) is 5.46. The lowest BCUT2D eigenvalue weighted by Crippen LogP contribution is -2.45. The van der Waals surface area contributed by atoms with Crippen molar-refractivity contribution in [1.29, 1.82) is 0 Å². The van der Waals surface area contributed by atoms with Gasteiger partial charge in [-0.2, -0.15) is 0 Å². The van der Waals surface area contributed by atoms with E-state index in [1.807, 2.05) is 29.2 Å². The van der Waals surface area contributed by atoms with Gasteiger partial charge in [0.25, 0.3) is 0 Å². The lowest BCUT2D eigenvalue weighted by Gasteiger charge is -2.38. The fraction of sp³-hybridized carbons (Fsp3) is 0.526. The molecule has 25 heavy (non-hydrogen) atoms. The minimum atomic E-state index is -0.762. The maximum absolute atomic E-state index is 12.4. The van der Waals surface area contributed by atoms with Gasteiger partial charge in [0.15, 0.2) is 0 Å². The SMILES string of the molecule is O=C(O)C[C@@H]1CCN(C(=O)C2CC2)C[C@@H]1Cc1nc2ccccc2[nH]1. The number of carbonyl (C=O) groups excluding carboxylic acids is 1. The van der Waals surface area contributed by atoms with Crippen LogP contribution >= 0.6 is 0 Å². The molecule has 1 aromatic heterocycles. The normalized spacial score (nSPS) is 23.8. The third-order valence-electron chi connectivity index (χ3n) is 5.46. The van der Waals surface area contributed by atoms with E-state index >= 15 is 0 Å². The second-order valence-electron chi connectivity index (χ2n) is 7.37. The first kappa shape index (κ1) is 16.1. The van der Waals surface area contributed by atoms with Crippen molar-refractivity contribution in [1.82, 2.24) is 14.9 Å². The largest absolute Gasteiger partial charge is 0.481 e. The molecule has 4 rings (SSSR count). The molecule has 0 bridgehead atoms. The molecule has 0 spiro atoms. The van der Waals surface area contributed by atoms with Crippen molar-refractivity contribution in [3.8, 4) is 0 Å². The highest BCUT2D eigenvalue weighted by atomic mass is 16.4. The number of carbonyl (C=O) groups is 2. The highest BCUT2D eigenvalue weighted by molar-refractivity contribution is 5.81. The maximum atomic E-state index is 12.4. The first-order valence-electron chi connectivity index (χ1n) is 9.04. The summed E-state index contributed by atoms with van der Waals surface area (Å²) in [5, 5.41) is 9.23. The highest BCUT2D eigenvalue weighted by Gasteiger charge is 2.38. The molecular formula is C19H23N3O3. The molecule has 1 saturated carbocycles. The predicted octanol–water partition coefficient (Wildman–Crippen LogP) is 2.45. The molecule has 2 N–H and O–H groups in total. The van der Waals surface area contributed by atoms with Crippen molar-refractivity contribution >= 4 is 22.9 Å².